The molecule has 1 heterocycles. The first kappa shape index (κ1) is 30.0. The highest BCUT2D eigenvalue weighted by molar-refractivity contribution is 14.1. The molecule has 8 nitrogen and oxygen atoms in total. The Labute approximate surface area is 252 Å². The van der Waals surface area contributed by atoms with Crippen LogP contribution in [0, 0.1) is 10.5 Å². The van der Waals surface area contributed by atoms with E-state index in [1.165, 1.54) is 0 Å². The summed E-state index contributed by atoms with van der Waals surface area (Å²) in [6, 6.07) is 18.8. The molecule has 0 radical (unpaired) electrons. The summed E-state index contributed by atoms with van der Waals surface area (Å²) in [6.45, 7) is 2.49. The van der Waals surface area contributed by atoms with Crippen LogP contribution in [0.5, 0.6) is 5.75 Å². The normalized spacial score (nSPS) is 11.5. The number of hydrogen-bond donors (Lipinski definition) is 2. The van der Waals surface area contributed by atoms with E-state index in [0.29, 0.717) is 46.9 Å². The average Bonchev–Trinajstić information content (AvgIpc) is 3.20. The highest BCUT2D eigenvalue weighted by Crippen LogP contribution is 2.31. The van der Waals surface area contributed by atoms with E-state index in [4.69, 9.17) is 16.3 Å². The predicted octanol–water partition coefficient (Wildman–Crippen LogP) is 5.32. The molecule has 210 valence electrons. The van der Waals surface area contributed by atoms with Gasteiger partial charge in [-0.25, -0.2) is 13.1 Å². The number of carbonyl (C=O) groups excluding carboxylic acids is 2. The lowest BCUT2D eigenvalue weighted by Crippen LogP contribution is -2.28. The van der Waals surface area contributed by atoms with Gasteiger partial charge in [0, 0.05) is 38.3 Å². The minimum atomic E-state index is -3.57. The number of aromatic nitrogens is 1. The van der Waals surface area contributed by atoms with Gasteiger partial charge in [-0.2, -0.15) is 0 Å². The van der Waals surface area contributed by atoms with Crippen molar-refractivity contribution >= 4 is 66.9 Å². The number of benzene rings is 3. The largest absolute Gasteiger partial charge is 0.497 e. The average molecular weight is 694 g/mol. The van der Waals surface area contributed by atoms with Crippen LogP contribution in [0.4, 0.5) is 0 Å². The fourth-order valence-electron chi connectivity index (χ4n) is 4.42. The zero-order chi connectivity index (χ0) is 28.9. The lowest BCUT2D eigenvalue weighted by Gasteiger charge is -2.09. The van der Waals surface area contributed by atoms with Crippen molar-refractivity contribution in [1.29, 1.82) is 0 Å². The van der Waals surface area contributed by atoms with Crippen molar-refractivity contribution in [3.05, 3.63) is 92.1 Å². The number of rotatable bonds is 11. The standard InChI is InChI=1S/C29H29ClIN3O5S/c1-19-25(18-28(35)32-14-3-4-15-33-40(37,38)24-7-5-6-22(31)16-24)26-17-23(39-2)12-13-27(26)34(19)29(36)20-8-10-21(30)11-9-20/h5-13,16-17,33H,3-4,14-15,18H2,1-2H3,(H,32,35). The SMILES string of the molecule is COc1ccc2c(c1)c(CC(=O)NCCCCNS(=O)(=O)c1cccc(I)c1)c(C)n2C(=O)c1ccc(Cl)cc1. The Hall–Kier alpha value is -2.93. The zero-order valence-electron chi connectivity index (χ0n) is 22.0. The fourth-order valence-corrected chi connectivity index (χ4v) is 6.42. The number of methoxy groups -OCH3 is 1. The molecule has 4 rings (SSSR count). The smallest absolute Gasteiger partial charge is 0.262 e. The maximum absolute atomic E-state index is 13.4. The first-order valence-corrected chi connectivity index (χ1v) is 15.5. The lowest BCUT2D eigenvalue weighted by atomic mass is 10.1. The molecular weight excluding hydrogens is 665 g/mol. The third-order valence-corrected chi connectivity index (χ3v) is 8.88. The molecule has 0 fully saturated rings. The van der Waals surface area contributed by atoms with Gasteiger partial charge in [0.15, 0.2) is 0 Å². The van der Waals surface area contributed by atoms with E-state index in [2.05, 4.69) is 32.6 Å². The van der Waals surface area contributed by atoms with Gasteiger partial charge in [0.2, 0.25) is 15.9 Å². The summed E-state index contributed by atoms with van der Waals surface area (Å²) in [7, 11) is -2.01. The van der Waals surface area contributed by atoms with Crippen molar-refractivity contribution < 1.29 is 22.7 Å². The van der Waals surface area contributed by atoms with Gasteiger partial charge in [-0.05, 0) is 109 Å². The highest BCUT2D eigenvalue weighted by Gasteiger charge is 2.22. The zero-order valence-corrected chi connectivity index (χ0v) is 25.8. The van der Waals surface area contributed by atoms with Gasteiger partial charge in [-0.3, -0.25) is 14.2 Å². The number of nitrogens with zero attached hydrogens (tertiary/aromatic N) is 1. The summed E-state index contributed by atoms with van der Waals surface area (Å²) in [5.74, 6) is 0.213. The van der Waals surface area contributed by atoms with Crippen molar-refractivity contribution in [2.24, 2.45) is 0 Å². The summed E-state index contributed by atoms with van der Waals surface area (Å²) >= 11 is 8.07. The van der Waals surface area contributed by atoms with Crippen molar-refractivity contribution in [2.45, 2.75) is 31.1 Å². The first-order valence-electron chi connectivity index (χ1n) is 12.6. The topological polar surface area (TPSA) is 106 Å². The summed E-state index contributed by atoms with van der Waals surface area (Å²) < 4.78 is 35.3. The van der Waals surface area contributed by atoms with Gasteiger partial charge in [0.05, 0.1) is 23.9 Å². The molecule has 3 aromatic carbocycles. The van der Waals surface area contributed by atoms with E-state index in [9.17, 15) is 18.0 Å². The number of unbranched alkanes of at least 4 members (excludes halogenated alkanes) is 1. The molecule has 0 aliphatic heterocycles. The Morgan fingerprint density at radius 2 is 1.73 bits per heavy atom. The molecule has 2 N–H and O–H groups in total. The Morgan fingerprint density at radius 3 is 2.42 bits per heavy atom. The van der Waals surface area contributed by atoms with Crippen LogP contribution in [0.3, 0.4) is 0 Å². The molecule has 4 aromatic rings. The Kier molecular flexibility index (Phi) is 9.88. The van der Waals surface area contributed by atoms with Crippen molar-refractivity contribution in [2.75, 3.05) is 20.2 Å². The van der Waals surface area contributed by atoms with Crippen LogP contribution in [0.25, 0.3) is 10.9 Å². The molecule has 40 heavy (non-hydrogen) atoms. The number of halogens is 2. The molecule has 1 aromatic heterocycles. The molecule has 0 saturated carbocycles. The molecular formula is C29H29ClIN3O5S. The number of sulfonamides is 1. The number of carbonyl (C=O) groups is 2. The molecule has 0 spiro atoms. The van der Waals surface area contributed by atoms with Crippen molar-refractivity contribution in [3.8, 4) is 5.75 Å². The van der Waals surface area contributed by atoms with Crippen LogP contribution >= 0.6 is 34.2 Å². The van der Waals surface area contributed by atoms with E-state index in [-0.39, 0.29) is 29.7 Å². The van der Waals surface area contributed by atoms with Crippen LogP contribution in [0.2, 0.25) is 5.02 Å². The number of amides is 1. The monoisotopic (exact) mass is 693 g/mol. The van der Waals surface area contributed by atoms with Gasteiger partial charge < -0.3 is 10.1 Å². The molecule has 1 amide bonds. The Bertz CT molecular complexity index is 1650. The molecule has 0 atom stereocenters. The van der Waals surface area contributed by atoms with Crippen molar-refractivity contribution in [1.82, 2.24) is 14.6 Å². The van der Waals surface area contributed by atoms with E-state index in [1.807, 2.05) is 25.1 Å². The summed E-state index contributed by atoms with van der Waals surface area (Å²) in [5, 5.41) is 4.21. The van der Waals surface area contributed by atoms with Gasteiger partial charge in [0.25, 0.3) is 5.91 Å². The van der Waals surface area contributed by atoms with Crippen LogP contribution in [-0.2, 0) is 21.2 Å². The third kappa shape index (κ3) is 7.03. The van der Waals surface area contributed by atoms with E-state index < -0.39 is 10.0 Å². The summed E-state index contributed by atoms with van der Waals surface area (Å²) in [5.41, 5.74) is 2.57. The van der Waals surface area contributed by atoms with Crippen LogP contribution < -0.4 is 14.8 Å². The minimum absolute atomic E-state index is 0.0790. The number of hydrogen-bond acceptors (Lipinski definition) is 5. The van der Waals surface area contributed by atoms with Crippen molar-refractivity contribution in [3.63, 3.8) is 0 Å². The quantitative estimate of drug-likeness (QED) is 0.163. The van der Waals surface area contributed by atoms with Gasteiger partial charge in [0.1, 0.15) is 5.75 Å². The van der Waals surface area contributed by atoms with Gasteiger partial charge >= 0.3 is 0 Å². The number of ether oxygens (including phenoxy) is 1. The maximum atomic E-state index is 13.4. The molecule has 0 aliphatic carbocycles. The third-order valence-electron chi connectivity index (χ3n) is 6.50. The second-order valence-electron chi connectivity index (χ2n) is 9.18. The first-order chi connectivity index (χ1) is 19.1. The molecule has 0 bridgehead atoms. The maximum Gasteiger partial charge on any atom is 0.262 e. The van der Waals surface area contributed by atoms with E-state index in [0.717, 1.165) is 14.5 Å². The second kappa shape index (κ2) is 13.2. The Balaban J connectivity index is 1.40. The predicted molar refractivity (Wildman–Crippen MR) is 165 cm³/mol. The van der Waals surface area contributed by atoms with Gasteiger partial charge in [-0.15, -0.1) is 0 Å². The lowest BCUT2D eigenvalue weighted by molar-refractivity contribution is -0.120. The van der Waals surface area contributed by atoms with E-state index >= 15 is 0 Å². The van der Waals surface area contributed by atoms with Crippen LogP contribution in [-0.4, -0.2) is 45.0 Å². The van der Waals surface area contributed by atoms with Crippen LogP contribution in [0.15, 0.2) is 71.6 Å². The van der Waals surface area contributed by atoms with Crippen LogP contribution in [0.1, 0.15) is 34.5 Å². The summed E-state index contributed by atoms with van der Waals surface area (Å²) in [4.78, 5) is 26.6. The molecule has 11 heteroatoms. The van der Waals surface area contributed by atoms with Gasteiger partial charge in [-0.1, -0.05) is 17.7 Å². The fraction of sp³-hybridized carbons (Fsp3) is 0.241. The van der Waals surface area contributed by atoms with E-state index in [1.54, 1.807) is 60.2 Å². The number of nitrogens with one attached hydrogen (secondary N) is 2. The Morgan fingerprint density at radius 1 is 1.00 bits per heavy atom. The molecule has 0 aliphatic rings. The summed E-state index contributed by atoms with van der Waals surface area (Å²) in [6.07, 6.45) is 1.24. The number of fused-ring (bicyclic) bond motifs is 1. The molecule has 0 unspecified atom stereocenters. The highest BCUT2D eigenvalue weighted by atomic mass is 127. The second-order valence-corrected chi connectivity index (χ2v) is 12.6. The minimum Gasteiger partial charge on any atom is -0.497 e. The molecule has 0 saturated heterocycles.